The van der Waals surface area contributed by atoms with Gasteiger partial charge in [-0.3, -0.25) is 4.79 Å². The van der Waals surface area contributed by atoms with Gasteiger partial charge in [0, 0.05) is 31.1 Å². The number of hydrogen-bond donors (Lipinski definition) is 1. The highest BCUT2D eigenvalue weighted by Crippen LogP contribution is 2.24. The Kier molecular flexibility index (Phi) is 5.80. The number of carbonyl (C=O) groups is 1. The van der Waals surface area contributed by atoms with Crippen molar-refractivity contribution in [3.05, 3.63) is 51.2 Å². The predicted molar refractivity (Wildman–Crippen MR) is 92.7 cm³/mol. The van der Waals surface area contributed by atoms with E-state index in [4.69, 9.17) is 11.6 Å². The van der Waals surface area contributed by atoms with Gasteiger partial charge in [-0.15, -0.1) is 11.3 Å². The van der Waals surface area contributed by atoms with Crippen LogP contribution in [0.2, 0.25) is 5.02 Å². The zero-order valence-electron chi connectivity index (χ0n) is 12.7. The summed E-state index contributed by atoms with van der Waals surface area (Å²) in [5, 5.41) is 4.85. The highest BCUT2D eigenvalue weighted by atomic mass is 35.5. The lowest BCUT2D eigenvalue weighted by Crippen LogP contribution is -2.27. The number of carbonyl (C=O) groups excluding carboxylic acids is 1. The van der Waals surface area contributed by atoms with Crippen LogP contribution in [0, 0.1) is 0 Å². The molecule has 5 nitrogen and oxygen atoms in total. The number of amides is 1. The first-order chi connectivity index (χ1) is 10.8. The molecule has 1 heterocycles. The SMILES string of the molecule is CN(C)S(=O)(=O)c1cc(C(=O)NCCc2cccs2)ccc1Cl. The topological polar surface area (TPSA) is 66.5 Å². The third-order valence-electron chi connectivity index (χ3n) is 3.19. The average Bonchev–Trinajstić information content (AvgIpc) is 3.00. The van der Waals surface area contributed by atoms with E-state index in [1.54, 1.807) is 11.3 Å². The van der Waals surface area contributed by atoms with Crippen molar-refractivity contribution >= 4 is 38.9 Å². The number of hydrogen-bond acceptors (Lipinski definition) is 4. The van der Waals surface area contributed by atoms with Crippen molar-refractivity contribution in [1.29, 1.82) is 0 Å². The van der Waals surface area contributed by atoms with Crippen LogP contribution in [-0.2, 0) is 16.4 Å². The summed E-state index contributed by atoms with van der Waals surface area (Å²) in [4.78, 5) is 13.3. The molecule has 23 heavy (non-hydrogen) atoms. The molecule has 1 N–H and O–H groups in total. The fraction of sp³-hybridized carbons (Fsp3) is 0.267. The predicted octanol–water partition coefficient (Wildman–Crippen LogP) is 2.62. The van der Waals surface area contributed by atoms with Crippen molar-refractivity contribution in [3.63, 3.8) is 0 Å². The monoisotopic (exact) mass is 372 g/mol. The van der Waals surface area contributed by atoms with Crippen molar-refractivity contribution in [1.82, 2.24) is 9.62 Å². The second-order valence-electron chi connectivity index (χ2n) is 5.02. The Balaban J connectivity index is 2.12. The van der Waals surface area contributed by atoms with Crippen LogP contribution in [0.4, 0.5) is 0 Å². The summed E-state index contributed by atoms with van der Waals surface area (Å²) in [7, 11) is -0.864. The van der Waals surface area contributed by atoms with E-state index in [-0.39, 0.29) is 21.4 Å². The van der Waals surface area contributed by atoms with Gasteiger partial charge in [0.1, 0.15) is 4.90 Å². The van der Waals surface area contributed by atoms with Gasteiger partial charge in [0.05, 0.1) is 5.02 Å². The van der Waals surface area contributed by atoms with Gasteiger partial charge in [-0.25, -0.2) is 12.7 Å². The Morgan fingerprint density at radius 3 is 2.65 bits per heavy atom. The molecule has 8 heteroatoms. The van der Waals surface area contributed by atoms with Crippen molar-refractivity contribution < 1.29 is 13.2 Å². The van der Waals surface area contributed by atoms with Crippen LogP contribution in [0.15, 0.2) is 40.6 Å². The van der Waals surface area contributed by atoms with Gasteiger partial charge in [-0.2, -0.15) is 0 Å². The summed E-state index contributed by atoms with van der Waals surface area (Å²) < 4.78 is 25.5. The molecule has 1 aromatic heterocycles. The number of nitrogens with zero attached hydrogens (tertiary/aromatic N) is 1. The molecular formula is C15H17ClN2O3S2. The van der Waals surface area contributed by atoms with Gasteiger partial charge in [0.15, 0.2) is 0 Å². The number of sulfonamides is 1. The molecule has 0 aliphatic heterocycles. The number of thiophene rings is 1. The summed E-state index contributed by atoms with van der Waals surface area (Å²) >= 11 is 7.59. The van der Waals surface area contributed by atoms with E-state index >= 15 is 0 Å². The van der Waals surface area contributed by atoms with Gasteiger partial charge < -0.3 is 5.32 Å². The molecular weight excluding hydrogens is 356 g/mol. The maximum atomic E-state index is 12.2. The summed E-state index contributed by atoms with van der Waals surface area (Å²) in [5.41, 5.74) is 0.265. The van der Waals surface area contributed by atoms with Crippen molar-refractivity contribution in [2.45, 2.75) is 11.3 Å². The van der Waals surface area contributed by atoms with E-state index in [0.29, 0.717) is 6.54 Å². The minimum Gasteiger partial charge on any atom is -0.352 e. The minimum atomic E-state index is -3.70. The van der Waals surface area contributed by atoms with Crippen molar-refractivity contribution in [2.75, 3.05) is 20.6 Å². The van der Waals surface area contributed by atoms with Crippen LogP contribution >= 0.6 is 22.9 Å². The van der Waals surface area contributed by atoms with Crippen LogP contribution in [0.1, 0.15) is 15.2 Å². The lowest BCUT2D eigenvalue weighted by molar-refractivity contribution is 0.0954. The van der Waals surface area contributed by atoms with E-state index in [2.05, 4.69) is 5.32 Å². The van der Waals surface area contributed by atoms with Crippen LogP contribution in [-0.4, -0.2) is 39.3 Å². The molecule has 0 fully saturated rings. The molecule has 1 amide bonds. The fourth-order valence-corrected chi connectivity index (χ4v) is 4.00. The van der Waals surface area contributed by atoms with E-state index in [9.17, 15) is 13.2 Å². The van der Waals surface area contributed by atoms with Gasteiger partial charge in [-0.1, -0.05) is 17.7 Å². The first kappa shape index (κ1) is 17.9. The highest BCUT2D eigenvalue weighted by Gasteiger charge is 2.22. The number of nitrogens with one attached hydrogen (secondary N) is 1. The molecule has 124 valence electrons. The first-order valence-corrected chi connectivity index (χ1v) is 9.55. The van der Waals surface area contributed by atoms with Gasteiger partial charge in [0.2, 0.25) is 10.0 Å². The van der Waals surface area contributed by atoms with Gasteiger partial charge in [-0.05, 0) is 36.1 Å². The first-order valence-electron chi connectivity index (χ1n) is 6.85. The van der Waals surface area contributed by atoms with E-state index < -0.39 is 10.0 Å². The van der Waals surface area contributed by atoms with E-state index in [0.717, 1.165) is 10.7 Å². The molecule has 0 unspecified atom stereocenters. The summed E-state index contributed by atoms with van der Waals surface area (Å²) in [6, 6.07) is 8.20. The van der Waals surface area contributed by atoms with E-state index in [1.807, 2.05) is 17.5 Å². The molecule has 0 saturated heterocycles. The van der Waals surface area contributed by atoms with Crippen LogP contribution < -0.4 is 5.32 Å². The third-order valence-corrected chi connectivity index (χ3v) is 6.42. The largest absolute Gasteiger partial charge is 0.352 e. The second-order valence-corrected chi connectivity index (χ2v) is 8.58. The Morgan fingerprint density at radius 1 is 1.30 bits per heavy atom. The highest BCUT2D eigenvalue weighted by molar-refractivity contribution is 7.89. The standard InChI is InChI=1S/C15H17ClN2O3S2/c1-18(2)23(20,21)14-10-11(5-6-13(14)16)15(19)17-8-7-12-4-3-9-22-12/h3-6,9-10H,7-8H2,1-2H3,(H,17,19). The molecule has 0 radical (unpaired) electrons. The average molecular weight is 373 g/mol. The second kappa shape index (κ2) is 7.44. The zero-order valence-corrected chi connectivity index (χ0v) is 15.1. The third kappa shape index (κ3) is 4.32. The Hall–Kier alpha value is -1.41. The fourth-order valence-electron chi connectivity index (χ4n) is 1.90. The maximum absolute atomic E-state index is 12.2. The molecule has 1 aromatic carbocycles. The lowest BCUT2D eigenvalue weighted by atomic mass is 10.2. The lowest BCUT2D eigenvalue weighted by Gasteiger charge is -2.13. The molecule has 0 atom stereocenters. The molecule has 0 bridgehead atoms. The molecule has 0 saturated carbocycles. The quantitative estimate of drug-likeness (QED) is 0.847. The van der Waals surface area contributed by atoms with Crippen LogP contribution in [0.25, 0.3) is 0 Å². The van der Waals surface area contributed by atoms with Gasteiger partial charge >= 0.3 is 0 Å². The maximum Gasteiger partial charge on any atom is 0.251 e. The molecule has 2 rings (SSSR count). The van der Waals surface area contributed by atoms with Crippen molar-refractivity contribution in [3.8, 4) is 0 Å². The number of rotatable bonds is 6. The van der Waals surface area contributed by atoms with Gasteiger partial charge in [0.25, 0.3) is 5.91 Å². The number of halogens is 1. The Morgan fingerprint density at radius 2 is 2.04 bits per heavy atom. The summed E-state index contributed by atoms with van der Waals surface area (Å²) in [6.07, 6.45) is 0.736. The summed E-state index contributed by atoms with van der Waals surface area (Å²) in [6.45, 7) is 0.484. The Labute approximate surface area is 144 Å². The van der Waals surface area contributed by atoms with Crippen LogP contribution in [0.5, 0.6) is 0 Å². The molecule has 0 spiro atoms. The minimum absolute atomic E-state index is 0.0740. The normalized spacial score (nSPS) is 11.7. The van der Waals surface area contributed by atoms with Crippen molar-refractivity contribution in [2.24, 2.45) is 0 Å². The smallest absolute Gasteiger partial charge is 0.251 e. The molecule has 0 aliphatic carbocycles. The molecule has 2 aromatic rings. The molecule has 0 aliphatic rings. The summed E-state index contributed by atoms with van der Waals surface area (Å²) in [5.74, 6) is -0.326. The Bertz CT molecular complexity index is 787. The zero-order chi connectivity index (χ0) is 17.0. The van der Waals surface area contributed by atoms with E-state index in [1.165, 1.54) is 37.2 Å². The van der Waals surface area contributed by atoms with Crippen LogP contribution in [0.3, 0.4) is 0 Å². The number of benzene rings is 1.